The van der Waals surface area contributed by atoms with Crippen molar-refractivity contribution in [3.63, 3.8) is 0 Å². The molecule has 1 aliphatic rings. The van der Waals surface area contributed by atoms with E-state index in [9.17, 15) is 44.6 Å². The molecule has 1 aliphatic heterocycles. The molecule has 0 bridgehead atoms. The van der Waals surface area contributed by atoms with Gasteiger partial charge in [-0.3, -0.25) is 4.90 Å². The van der Waals surface area contributed by atoms with E-state index < -0.39 is 55.9 Å². The average molecular weight is 435 g/mol. The molecule has 1 heterocycles. The standard InChI is InChI=1S/C15H22F9NO3/c16-12(17,1-2-13(18,19)15(22,23)24)14(20,21)9-11(26)10-28-8-5-25-3-6-27-7-4-25/h11,26H,1-10H2. The molecule has 1 saturated heterocycles. The van der Waals surface area contributed by atoms with Crippen molar-refractivity contribution in [3.8, 4) is 0 Å². The molecule has 1 N–H and O–H groups in total. The summed E-state index contributed by atoms with van der Waals surface area (Å²) in [6.45, 7) is 1.98. The Bertz CT molecular complexity index is 468. The number of nitrogens with zero attached hydrogens (tertiary/aromatic N) is 1. The Morgan fingerprint density at radius 2 is 1.39 bits per heavy atom. The predicted molar refractivity (Wildman–Crippen MR) is 78.8 cm³/mol. The highest BCUT2D eigenvalue weighted by atomic mass is 19.4. The van der Waals surface area contributed by atoms with E-state index in [1.807, 2.05) is 4.90 Å². The number of alkyl halides is 9. The van der Waals surface area contributed by atoms with Crippen LogP contribution in [0, 0.1) is 0 Å². The zero-order valence-corrected chi connectivity index (χ0v) is 14.8. The fraction of sp³-hybridized carbons (Fsp3) is 1.00. The van der Waals surface area contributed by atoms with Gasteiger partial charge in [-0.2, -0.15) is 39.5 Å². The van der Waals surface area contributed by atoms with Gasteiger partial charge in [0.1, 0.15) is 0 Å². The van der Waals surface area contributed by atoms with Crippen LogP contribution in [0.4, 0.5) is 39.5 Å². The summed E-state index contributed by atoms with van der Waals surface area (Å²) in [5.74, 6) is -15.7. The Morgan fingerprint density at radius 3 is 1.93 bits per heavy atom. The molecule has 13 heteroatoms. The van der Waals surface area contributed by atoms with Crippen LogP contribution in [0.5, 0.6) is 0 Å². The third-order valence-corrected chi connectivity index (χ3v) is 4.16. The quantitative estimate of drug-likeness (QED) is 0.400. The Hall–Kier alpha value is -0.790. The van der Waals surface area contributed by atoms with Crippen LogP contribution in [0.2, 0.25) is 0 Å². The highest BCUT2D eigenvalue weighted by molar-refractivity contribution is 4.89. The van der Waals surface area contributed by atoms with Crippen LogP contribution < -0.4 is 0 Å². The topological polar surface area (TPSA) is 41.9 Å². The van der Waals surface area contributed by atoms with Crippen molar-refractivity contribution in [2.24, 2.45) is 0 Å². The molecule has 0 aliphatic carbocycles. The first-order valence-corrected chi connectivity index (χ1v) is 8.44. The molecule has 28 heavy (non-hydrogen) atoms. The van der Waals surface area contributed by atoms with Gasteiger partial charge in [0, 0.05) is 38.9 Å². The minimum absolute atomic E-state index is 0.0246. The number of aliphatic hydroxyl groups excluding tert-OH is 1. The molecular formula is C15H22F9NO3. The third-order valence-electron chi connectivity index (χ3n) is 4.16. The zero-order chi connectivity index (χ0) is 21.6. The molecular weight excluding hydrogens is 413 g/mol. The van der Waals surface area contributed by atoms with Gasteiger partial charge in [-0.1, -0.05) is 0 Å². The minimum atomic E-state index is -6.12. The van der Waals surface area contributed by atoms with E-state index in [4.69, 9.17) is 9.47 Å². The molecule has 1 unspecified atom stereocenters. The Morgan fingerprint density at radius 1 is 0.857 bits per heavy atom. The maximum absolute atomic E-state index is 13.6. The van der Waals surface area contributed by atoms with Crippen molar-refractivity contribution < 1.29 is 54.1 Å². The summed E-state index contributed by atoms with van der Waals surface area (Å²) in [4.78, 5) is 1.93. The zero-order valence-electron chi connectivity index (χ0n) is 14.8. The van der Waals surface area contributed by atoms with E-state index in [2.05, 4.69) is 0 Å². The van der Waals surface area contributed by atoms with Crippen molar-refractivity contribution in [3.05, 3.63) is 0 Å². The molecule has 1 fully saturated rings. The van der Waals surface area contributed by atoms with Gasteiger partial charge >= 0.3 is 23.9 Å². The van der Waals surface area contributed by atoms with Crippen molar-refractivity contribution >= 4 is 0 Å². The van der Waals surface area contributed by atoms with E-state index in [0.29, 0.717) is 32.8 Å². The second kappa shape index (κ2) is 9.81. The minimum Gasteiger partial charge on any atom is -0.390 e. The summed E-state index contributed by atoms with van der Waals surface area (Å²) in [6.07, 6.45) is -14.9. The fourth-order valence-corrected chi connectivity index (χ4v) is 2.38. The van der Waals surface area contributed by atoms with Gasteiger partial charge in [0.15, 0.2) is 0 Å². The van der Waals surface area contributed by atoms with Gasteiger partial charge in [-0.05, 0) is 0 Å². The lowest BCUT2D eigenvalue weighted by Gasteiger charge is -2.30. The van der Waals surface area contributed by atoms with Crippen LogP contribution in [0.3, 0.4) is 0 Å². The van der Waals surface area contributed by atoms with Crippen LogP contribution in [0.25, 0.3) is 0 Å². The van der Waals surface area contributed by atoms with Gasteiger partial charge in [0.05, 0.1) is 32.5 Å². The second-order valence-corrected chi connectivity index (χ2v) is 6.50. The van der Waals surface area contributed by atoms with Crippen molar-refractivity contribution in [1.29, 1.82) is 0 Å². The molecule has 0 aromatic carbocycles. The van der Waals surface area contributed by atoms with Crippen LogP contribution in [-0.4, -0.2) is 86.1 Å². The van der Waals surface area contributed by atoms with Gasteiger partial charge in [-0.25, -0.2) is 0 Å². The number of aliphatic hydroxyl groups is 1. The number of rotatable bonds is 11. The van der Waals surface area contributed by atoms with Gasteiger partial charge in [0.2, 0.25) is 0 Å². The fourth-order valence-electron chi connectivity index (χ4n) is 2.38. The van der Waals surface area contributed by atoms with Crippen molar-refractivity contribution in [2.45, 2.75) is 49.3 Å². The van der Waals surface area contributed by atoms with Crippen LogP contribution in [-0.2, 0) is 9.47 Å². The Kier molecular flexibility index (Phi) is 8.84. The summed E-state index contributed by atoms with van der Waals surface area (Å²) < 4.78 is 126. The second-order valence-electron chi connectivity index (χ2n) is 6.50. The summed E-state index contributed by atoms with van der Waals surface area (Å²) >= 11 is 0. The van der Waals surface area contributed by atoms with E-state index in [0.717, 1.165) is 0 Å². The summed E-state index contributed by atoms with van der Waals surface area (Å²) in [5.41, 5.74) is 0. The molecule has 0 amide bonds. The first-order valence-electron chi connectivity index (χ1n) is 8.44. The first-order chi connectivity index (χ1) is 12.7. The van der Waals surface area contributed by atoms with Crippen molar-refractivity contribution in [2.75, 3.05) is 46.1 Å². The van der Waals surface area contributed by atoms with Gasteiger partial charge in [0.25, 0.3) is 0 Å². The molecule has 0 aromatic rings. The largest absolute Gasteiger partial charge is 0.453 e. The van der Waals surface area contributed by atoms with Crippen molar-refractivity contribution in [1.82, 2.24) is 4.90 Å². The maximum Gasteiger partial charge on any atom is 0.453 e. The first kappa shape index (κ1) is 25.2. The number of halogens is 9. The third kappa shape index (κ3) is 7.56. The van der Waals surface area contributed by atoms with Crippen LogP contribution in [0.1, 0.15) is 19.3 Å². The monoisotopic (exact) mass is 435 g/mol. The molecule has 168 valence electrons. The molecule has 1 rings (SSSR count). The van der Waals surface area contributed by atoms with E-state index in [-0.39, 0.29) is 6.61 Å². The highest BCUT2D eigenvalue weighted by Crippen LogP contribution is 2.46. The lowest BCUT2D eigenvalue weighted by Crippen LogP contribution is -2.46. The number of ether oxygens (including phenoxy) is 2. The summed E-state index contributed by atoms with van der Waals surface area (Å²) in [5, 5.41) is 9.44. The van der Waals surface area contributed by atoms with Crippen LogP contribution in [0.15, 0.2) is 0 Å². The van der Waals surface area contributed by atoms with E-state index >= 15 is 0 Å². The Balaban J connectivity index is 2.41. The molecule has 0 aromatic heterocycles. The molecule has 4 nitrogen and oxygen atoms in total. The van der Waals surface area contributed by atoms with Gasteiger partial charge in [-0.15, -0.1) is 0 Å². The highest BCUT2D eigenvalue weighted by Gasteiger charge is 2.62. The molecule has 0 radical (unpaired) electrons. The Labute approximate surface area is 155 Å². The van der Waals surface area contributed by atoms with Gasteiger partial charge < -0.3 is 14.6 Å². The summed E-state index contributed by atoms with van der Waals surface area (Å²) in [7, 11) is 0. The number of morpholine rings is 1. The summed E-state index contributed by atoms with van der Waals surface area (Å²) in [6, 6.07) is 0. The van der Waals surface area contributed by atoms with E-state index in [1.54, 1.807) is 0 Å². The number of hydrogen-bond donors (Lipinski definition) is 1. The maximum atomic E-state index is 13.6. The smallest absolute Gasteiger partial charge is 0.390 e. The average Bonchev–Trinajstić information content (AvgIpc) is 2.56. The number of hydrogen-bond acceptors (Lipinski definition) is 4. The molecule has 1 atom stereocenters. The lowest BCUT2D eigenvalue weighted by molar-refractivity contribution is -0.294. The predicted octanol–water partition coefficient (Wildman–Crippen LogP) is 3.33. The molecule has 0 spiro atoms. The molecule has 0 saturated carbocycles. The lowest BCUT2D eigenvalue weighted by atomic mass is 9.98. The van der Waals surface area contributed by atoms with Crippen LogP contribution >= 0.6 is 0 Å². The normalized spacial score (nSPS) is 19.1. The van der Waals surface area contributed by atoms with E-state index in [1.165, 1.54) is 0 Å². The SMILES string of the molecule is OC(COCCN1CCOCC1)CC(F)(F)C(F)(F)CCC(F)(F)C(F)(F)F.